The second-order valence-corrected chi connectivity index (χ2v) is 7.52. The van der Waals surface area contributed by atoms with Crippen LogP contribution < -0.4 is 19.7 Å². The maximum absolute atomic E-state index is 12.5. The van der Waals surface area contributed by atoms with Gasteiger partial charge in [0.05, 0.1) is 22.8 Å². The molecule has 1 N–H and O–H groups in total. The monoisotopic (exact) mass is 436 g/mol. The zero-order valence-electron chi connectivity index (χ0n) is 16.9. The lowest BCUT2D eigenvalue weighted by atomic mass is 10.2. The Hall–Kier alpha value is -3.51. The van der Waals surface area contributed by atoms with Crippen LogP contribution in [-0.2, 0) is 4.79 Å². The minimum absolute atomic E-state index is 0.0700. The van der Waals surface area contributed by atoms with Gasteiger partial charge in [-0.3, -0.25) is 9.59 Å². The van der Waals surface area contributed by atoms with E-state index < -0.39 is 0 Å². The molecule has 0 saturated heterocycles. The number of hydrogen-bond donors (Lipinski definition) is 1. The van der Waals surface area contributed by atoms with Gasteiger partial charge in [-0.15, -0.1) is 0 Å². The second-order valence-electron chi connectivity index (χ2n) is 7.11. The van der Waals surface area contributed by atoms with Gasteiger partial charge in [0.15, 0.2) is 6.61 Å². The molecular weight excluding hydrogens is 416 g/mol. The van der Waals surface area contributed by atoms with E-state index in [9.17, 15) is 9.59 Å². The molecule has 0 radical (unpaired) electrons. The minimum atomic E-state index is -0.319. The van der Waals surface area contributed by atoms with Crippen molar-refractivity contribution < 1.29 is 19.1 Å². The molecule has 0 fully saturated rings. The maximum Gasteiger partial charge on any atom is 0.265 e. The van der Waals surface area contributed by atoms with E-state index in [4.69, 9.17) is 21.1 Å². The highest BCUT2D eigenvalue weighted by Gasteiger charge is 2.26. The van der Waals surface area contributed by atoms with Crippen LogP contribution in [-0.4, -0.2) is 31.6 Å². The van der Waals surface area contributed by atoms with Crippen LogP contribution in [0.4, 0.5) is 11.4 Å². The van der Waals surface area contributed by atoms with Crippen molar-refractivity contribution in [3.63, 3.8) is 0 Å². The number of nitrogens with zero attached hydrogens (tertiary/aromatic N) is 1. The van der Waals surface area contributed by atoms with Crippen LogP contribution in [0.25, 0.3) is 0 Å². The van der Waals surface area contributed by atoms with Crippen LogP contribution >= 0.6 is 11.6 Å². The predicted octanol–water partition coefficient (Wildman–Crippen LogP) is 4.71. The van der Waals surface area contributed by atoms with Crippen molar-refractivity contribution in [2.75, 3.05) is 30.0 Å². The van der Waals surface area contributed by atoms with Crippen molar-refractivity contribution in [3.05, 3.63) is 82.9 Å². The molecule has 6 nitrogen and oxygen atoms in total. The van der Waals surface area contributed by atoms with Crippen molar-refractivity contribution in [2.45, 2.75) is 6.92 Å². The van der Waals surface area contributed by atoms with E-state index in [-0.39, 0.29) is 18.4 Å². The number of aryl methyl sites for hydroxylation is 1. The number of hydrogen-bond acceptors (Lipinski definition) is 4. The topological polar surface area (TPSA) is 67.9 Å². The fourth-order valence-electron chi connectivity index (χ4n) is 3.26. The zero-order valence-corrected chi connectivity index (χ0v) is 17.7. The lowest BCUT2D eigenvalue weighted by Gasteiger charge is -2.29. The van der Waals surface area contributed by atoms with E-state index in [1.54, 1.807) is 47.4 Å². The summed E-state index contributed by atoms with van der Waals surface area (Å²) >= 11 is 6.09. The molecule has 1 heterocycles. The van der Waals surface area contributed by atoms with Crippen LogP contribution in [0.15, 0.2) is 66.7 Å². The molecule has 0 spiro atoms. The van der Waals surface area contributed by atoms with E-state index in [2.05, 4.69) is 5.32 Å². The normalized spacial score (nSPS) is 12.7. The molecule has 2 amide bonds. The minimum Gasteiger partial charge on any atom is -0.492 e. The Morgan fingerprint density at radius 1 is 1.13 bits per heavy atom. The summed E-state index contributed by atoms with van der Waals surface area (Å²) in [5.41, 5.74) is 2.73. The lowest BCUT2D eigenvalue weighted by molar-refractivity contribution is -0.121. The number of carbonyl (C=O) groups excluding carboxylic acids is 2. The molecule has 3 aromatic rings. The molecule has 1 aliphatic rings. The molecule has 1 aliphatic heterocycles. The molecule has 0 bridgehead atoms. The second kappa shape index (κ2) is 9.10. The molecule has 0 aliphatic carbocycles. The number of amides is 2. The molecule has 0 unspecified atom stereocenters. The molecule has 158 valence electrons. The number of halogens is 1. The summed E-state index contributed by atoms with van der Waals surface area (Å²) in [7, 11) is 0. The van der Waals surface area contributed by atoms with Crippen molar-refractivity contribution in [1.29, 1.82) is 0 Å². The van der Waals surface area contributed by atoms with E-state index >= 15 is 0 Å². The van der Waals surface area contributed by atoms with Gasteiger partial charge in [0.1, 0.15) is 18.1 Å². The molecule has 0 atom stereocenters. The quantitative estimate of drug-likeness (QED) is 0.608. The van der Waals surface area contributed by atoms with E-state index in [1.165, 1.54) is 0 Å². The van der Waals surface area contributed by atoms with E-state index in [0.717, 1.165) is 11.3 Å². The van der Waals surface area contributed by atoms with Gasteiger partial charge in [-0.05, 0) is 43.3 Å². The van der Waals surface area contributed by atoms with Gasteiger partial charge >= 0.3 is 0 Å². The van der Waals surface area contributed by atoms with Crippen LogP contribution in [0.1, 0.15) is 15.9 Å². The summed E-state index contributed by atoms with van der Waals surface area (Å²) in [5.74, 6) is 0.810. The smallest absolute Gasteiger partial charge is 0.265 e. The van der Waals surface area contributed by atoms with Gasteiger partial charge in [0.25, 0.3) is 11.8 Å². The third-order valence-electron chi connectivity index (χ3n) is 4.88. The number of rotatable bonds is 6. The molecule has 0 aromatic heterocycles. The number of fused-ring (bicyclic) bond motifs is 1. The van der Waals surface area contributed by atoms with Crippen LogP contribution in [0, 0.1) is 6.92 Å². The summed E-state index contributed by atoms with van der Waals surface area (Å²) in [5, 5.41) is 3.19. The first-order valence-corrected chi connectivity index (χ1v) is 10.2. The van der Waals surface area contributed by atoms with Gasteiger partial charge in [0.2, 0.25) is 0 Å². The Morgan fingerprint density at radius 2 is 1.90 bits per heavy atom. The summed E-state index contributed by atoms with van der Waals surface area (Å²) < 4.78 is 11.3. The first-order chi connectivity index (χ1) is 15.0. The van der Waals surface area contributed by atoms with Gasteiger partial charge in [-0.2, -0.15) is 0 Å². The number of carbonyl (C=O) groups is 2. The van der Waals surface area contributed by atoms with Crippen molar-refractivity contribution in [3.8, 4) is 11.5 Å². The third-order valence-corrected chi connectivity index (χ3v) is 5.21. The highest BCUT2D eigenvalue weighted by molar-refractivity contribution is 6.34. The summed E-state index contributed by atoms with van der Waals surface area (Å²) in [6.07, 6.45) is 0. The molecule has 3 aromatic carbocycles. The van der Waals surface area contributed by atoms with Crippen molar-refractivity contribution >= 4 is 34.8 Å². The highest BCUT2D eigenvalue weighted by Crippen LogP contribution is 2.34. The third kappa shape index (κ3) is 4.81. The Bertz CT molecular complexity index is 1110. The van der Waals surface area contributed by atoms with Crippen molar-refractivity contribution in [1.82, 2.24) is 0 Å². The summed E-state index contributed by atoms with van der Waals surface area (Å²) in [4.78, 5) is 26.5. The number of nitrogens with one attached hydrogen (secondary N) is 1. The first-order valence-electron chi connectivity index (χ1n) is 9.84. The summed E-state index contributed by atoms with van der Waals surface area (Å²) in [6, 6.07) is 19.8. The molecule has 7 heteroatoms. The lowest BCUT2D eigenvalue weighted by Crippen LogP contribution is -2.41. The Labute approximate surface area is 185 Å². The van der Waals surface area contributed by atoms with Gasteiger partial charge in [-0.1, -0.05) is 41.4 Å². The van der Waals surface area contributed by atoms with E-state index in [1.807, 2.05) is 31.2 Å². The maximum atomic E-state index is 12.5. The van der Waals surface area contributed by atoms with Gasteiger partial charge < -0.3 is 19.7 Å². The first kappa shape index (κ1) is 20.8. The predicted molar refractivity (Wildman–Crippen MR) is 120 cm³/mol. The van der Waals surface area contributed by atoms with Crippen LogP contribution in [0.2, 0.25) is 5.02 Å². The van der Waals surface area contributed by atoms with Crippen LogP contribution in [0.3, 0.4) is 0 Å². The fraction of sp³-hybridized carbons (Fsp3) is 0.167. The SMILES string of the molecule is Cc1ccc(OCCN2C(=O)COc3cc(NC(=O)c4ccccc4Cl)ccc32)cc1. The summed E-state index contributed by atoms with van der Waals surface area (Å²) in [6.45, 7) is 2.67. The number of anilines is 2. The standard InChI is InChI=1S/C24H21ClN2O4/c1-16-6-9-18(10-7-16)30-13-12-27-21-11-8-17(14-22(21)31-15-23(27)28)26-24(29)19-4-2-3-5-20(19)25/h2-11,14H,12-13,15H2,1H3,(H,26,29). The van der Waals surface area contributed by atoms with E-state index in [0.29, 0.717) is 40.9 Å². The van der Waals surface area contributed by atoms with Crippen LogP contribution in [0.5, 0.6) is 11.5 Å². The number of benzene rings is 3. The Kier molecular flexibility index (Phi) is 6.09. The Balaban J connectivity index is 1.44. The molecule has 0 saturated carbocycles. The molecular formula is C24H21ClN2O4. The average molecular weight is 437 g/mol. The molecule has 4 rings (SSSR count). The fourth-order valence-corrected chi connectivity index (χ4v) is 3.48. The van der Waals surface area contributed by atoms with Crippen molar-refractivity contribution in [2.24, 2.45) is 0 Å². The van der Waals surface area contributed by atoms with Gasteiger partial charge in [0, 0.05) is 11.8 Å². The zero-order chi connectivity index (χ0) is 21.8. The number of ether oxygens (including phenoxy) is 2. The largest absolute Gasteiger partial charge is 0.492 e. The highest BCUT2D eigenvalue weighted by atomic mass is 35.5. The Morgan fingerprint density at radius 3 is 2.68 bits per heavy atom. The average Bonchev–Trinajstić information content (AvgIpc) is 2.77. The molecule has 31 heavy (non-hydrogen) atoms. The van der Waals surface area contributed by atoms with Gasteiger partial charge in [-0.25, -0.2) is 0 Å².